The van der Waals surface area contributed by atoms with Crippen molar-refractivity contribution >= 4 is 11.8 Å². The fourth-order valence-electron chi connectivity index (χ4n) is 1.29. The van der Waals surface area contributed by atoms with Crippen molar-refractivity contribution in [1.29, 1.82) is 0 Å². The molecule has 2 amide bonds. The summed E-state index contributed by atoms with van der Waals surface area (Å²) in [6.07, 6.45) is 4.59. The van der Waals surface area contributed by atoms with Crippen LogP contribution in [-0.2, 0) is 9.59 Å². The number of hydrogen-bond acceptors (Lipinski definition) is 4. The molecule has 0 aliphatic heterocycles. The van der Waals surface area contributed by atoms with Crippen LogP contribution in [0, 0.1) is 0 Å². The first-order valence-corrected chi connectivity index (χ1v) is 4.96. The van der Waals surface area contributed by atoms with Gasteiger partial charge in [0.25, 0.3) is 5.91 Å². The van der Waals surface area contributed by atoms with Crippen molar-refractivity contribution in [1.82, 2.24) is 5.01 Å². The SMILES string of the molecule is CN(C)N=NC1(C(N)=O)C=CC(C(N)=O)=CC1. The molecule has 0 fully saturated rings. The van der Waals surface area contributed by atoms with Crippen molar-refractivity contribution in [2.45, 2.75) is 12.0 Å². The van der Waals surface area contributed by atoms with Crippen LogP contribution in [0.2, 0.25) is 0 Å². The summed E-state index contributed by atoms with van der Waals surface area (Å²) in [6.45, 7) is 0. The van der Waals surface area contributed by atoms with E-state index in [1.165, 1.54) is 23.2 Å². The number of rotatable bonds is 4. The highest BCUT2D eigenvalue weighted by molar-refractivity contribution is 5.97. The van der Waals surface area contributed by atoms with Gasteiger partial charge in [0.05, 0.1) is 0 Å². The second-order valence-corrected chi connectivity index (χ2v) is 3.89. The van der Waals surface area contributed by atoms with Crippen LogP contribution in [0.25, 0.3) is 0 Å². The Hall–Kier alpha value is -2.18. The van der Waals surface area contributed by atoms with Crippen molar-refractivity contribution < 1.29 is 9.59 Å². The normalized spacial score (nSPS) is 23.5. The minimum Gasteiger partial charge on any atom is -0.367 e. The molecule has 4 N–H and O–H groups in total. The van der Waals surface area contributed by atoms with E-state index in [0.29, 0.717) is 5.57 Å². The van der Waals surface area contributed by atoms with Gasteiger partial charge in [-0.25, -0.2) is 0 Å². The molecule has 1 aliphatic carbocycles. The van der Waals surface area contributed by atoms with Crippen LogP contribution in [-0.4, -0.2) is 36.5 Å². The average molecular weight is 237 g/mol. The fraction of sp³-hybridized carbons (Fsp3) is 0.400. The molecule has 0 saturated carbocycles. The molecule has 0 heterocycles. The maximum absolute atomic E-state index is 11.4. The highest BCUT2D eigenvalue weighted by Crippen LogP contribution is 2.25. The third-order valence-electron chi connectivity index (χ3n) is 2.29. The van der Waals surface area contributed by atoms with Gasteiger partial charge in [-0.2, -0.15) is 0 Å². The first-order chi connectivity index (χ1) is 7.87. The molecule has 0 bridgehead atoms. The van der Waals surface area contributed by atoms with Gasteiger partial charge in [0.15, 0.2) is 5.54 Å². The molecule has 0 spiro atoms. The predicted octanol–water partition coefficient (Wildman–Crippen LogP) is -0.489. The number of carbonyl (C=O) groups is 2. The highest BCUT2D eigenvalue weighted by Gasteiger charge is 2.35. The van der Waals surface area contributed by atoms with Crippen molar-refractivity contribution in [3.8, 4) is 0 Å². The molecule has 92 valence electrons. The lowest BCUT2D eigenvalue weighted by Crippen LogP contribution is -2.41. The molecule has 1 aliphatic rings. The van der Waals surface area contributed by atoms with Crippen LogP contribution in [0.1, 0.15) is 6.42 Å². The van der Waals surface area contributed by atoms with E-state index in [0.717, 1.165) is 0 Å². The second-order valence-electron chi connectivity index (χ2n) is 3.89. The van der Waals surface area contributed by atoms with Crippen LogP contribution in [0.5, 0.6) is 0 Å². The van der Waals surface area contributed by atoms with Gasteiger partial charge in [0.2, 0.25) is 5.91 Å². The van der Waals surface area contributed by atoms with Crippen LogP contribution < -0.4 is 11.5 Å². The predicted molar refractivity (Wildman–Crippen MR) is 61.5 cm³/mol. The average Bonchev–Trinajstić information content (AvgIpc) is 2.26. The molecule has 0 radical (unpaired) electrons. The van der Waals surface area contributed by atoms with E-state index in [2.05, 4.69) is 10.3 Å². The Kier molecular flexibility index (Phi) is 3.62. The molecule has 0 aromatic heterocycles. The summed E-state index contributed by atoms with van der Waals surface area (Å²) in [5.41, 5.74) is 9.52. The monoisotopic (exact) mass is 237 g/mol. The number of primary amides is 2. The fourth-order valence-corrected chi connectivity index (χ4v) is 1.29. The number of nitrogens with zero attached hydrogens (tertiary/aromatic N) is 3. The molecule has 7 heteroatoms. The third-order valence-corrected chi connectivity index (χ3v) is 2.29. The highest BCUT2D eigenvalue weighted by atomic mass is 16.2. The summed E-state index contributed by atoms with van der Waals surface area (Å²) in [5.74, 6) is -1.18. The van der Waals surface area contributed by atoms with E-state index in [-0.39, 0.29) is 6.42 Å². The quantitative estimate of drug-likeness (QED) is 0.508. The van der Waals surface area contributed by atoms with E-state index in [4.69, 9.17) is 11.5 Å². The summed E-state index contributed by atoms with van der Waals surface area (Å²) in [4.78, 5) is 22.3. The summed E-state index contributed by atoms with van der Waals surface area (Å²) < 4.78 is 0. The summed E-state index contributed by atoms with van der Waals surface area (Å²) in [6, 6.07) is 0. The van der Waals surface area contributed by atoms with E-state index < -0.39 is 17.4 Å². The zero-order valence-corrected chi connectivity index (χ0v) is 9.75. The smallest absolute Gasteiger partial charge is 0.251 e. The molecular weight excluding hydrogens is 222 g/mol. The molecule has 17 heavy (non-hydrogen) atoms. The van der Waals surface area contributed by atoms with Gasteiger partial charge in [-0.05, 0) is 6.08 Å². The van der Waals surface area contributed by atoms with Crippen LogP contribution in [0.3, 0.4) is 0 Å². The zero-order valence-electron chi connectivity index (χ0n) is 9.75. The Morgan fingerprint density at radius 1 is 1.41 bits per heavy atom. The van der Waals surface area contributed by atoms with E-state index in [1.54, 1.807) is 14.1 Å². The summed E-state index contributed by atoms with van der Waals surface area (Å²) in [5, 5.41) is 9.12. The van der Waals surface area contributed by atoms with Crippen molar-refractivity contribution in [2.24, 2.45) is 21.8 Å². The van der Waals surface area contributed by atoms with Gasteiger partial charge < -0.3 is 11.5 Å². The van der Waals surface area contributed by atoms with E-state index in [9.17, 15) is 9.59 Å². The van der Waals surface area contributed by atoms with Crippen LogP contribution in [0.15, 0.2) is 34.1 Å². The maximum Gasteiger partial charge on any atom is 0.251 e. The van der Waals surface area contributed by atoms with E-state index >= 15 is 0 Å². The van der Waals surface area contributed by atoms with Crippen LogP contribution >= 0.6 is 0 Å². The number of nitrogens with two attached hydrogens (primary N) is 2. The Bertz CT molecular complexity index is 424. The minimum absolute atomic E-state index is 0.175. The van der Waals surface area contributed by atoms with Crippen LogP contribution in [0.4, 0.5) is 0 Å². The van der Waals surface area contributed by atoms with Gasteiger partial charge in [-0.15, -0.1) is 5.11 Å². The van der Waals surface area contributed by atoms with E-state index in [1.807, 2.05) is 0 Å². The zero-order chi connectivity index (χ0) is 13.1. The van der Waals surface area contributed by atoms with Gasteiger partial charge in [0, 0.05) is 26.1 Å². The third kappa shape index (κ3) is 2.90. The first kappa shape index (κ1) is 12.9. The molecule has 0 saturated heterocycles. The Morgan fingerprint density at radius 3 is 2.41 bits per heavy atom. The maximum atomic E-state index is 11.4. The molecule has 1 rings (SSSR count). The molecule has 1 atom stereocenters. The summed E-state index contributed by atoms with van der Waals surface area (Å²) >= 11 is 0. The number of hydrogen-bond donors (Lipinski definition) is 2. The lowest BCUT2D eigenvalue weighted by atomic mass is 9.88. The lowest BCUT2D eigenvalue weighted by Gasteiger charge is -2.23. The number of amides is 2. The van der Waals surface area contributed by atoms with Crippen molar-refractivity contribution in [3.63, 3.8) is 0 Å². The summed E-state index contributed by atoms with van der Waals surface area (Å²) in [7, 11) is 3.35. The van der Waals surface area contributed by atoms with Crippen molar-refractivity contribution in [2.75, 3.05) is 14.1 Å². The minimum atomic E-state index is -1.23. The molecular formula is C10H15N5O2. The first-order valence-electron chi connectivity index (χ1n) is 4.96. The number of carbonyl (C=O) groups excluding carboxylic acids is 2. The Labute approximate surface area is 98.8 Å². The largest absolute Gasteiger partial charge is 0.367 e. The molecule has 0 aromatic rings. The topological polar surface area (TPSA) is 114 Å². The standard InChI is InChI=1S/C10H15N5O2/c1-15(2)14-13-10(9(12)17)5-3-7(4-6-10)8(11)16/h3-5H,6H2,1-2H3,(H2,11,16)(H2,12,17). The van der Waals surface area contributed by atoms with Gasteiger partial charge in [0.1, 0.15) is 0 Å². The molecule has 1 unspecified atom stereocenters. The Morgan fingerprint density at radius 2 is 2.06 bits per heavy atom. The lowest BCUT2D eigenvalue weighted by molar-refractivity contribution is -0.122. The van der Waals surface area contributed by atoms with Gasteiger partial charge >= 0.3 is 0 Å². The second kappa shape index (κ2) is 4.77. The molecule has 7 nitrogen and oxygen atoms in total. The van der Waals surface area contributed by atoms with Gasteiger partial charge in [-0.3, -0.25) is 14.6 Å². The Balaban J connectivity index is 2.97. The molecule has 0 aromatic carbocycles. The van der Waals surface area contributed by atoms with Gasteiger partial charge in [-0.1, -0.05) is 17.4 Å². The van der Waals surface area contributed by atoms with Crippen molar-refractivity contribution in [3.05, 3.63) is 23.8 Å².